The van der Waals surface area contributed by atoms with Crippen molar-refractivity contribution >= 4 is 32.2 Å². The number of hydrogen-bond acceptors (Lipinski definition) is 4. The molecule has 3 aromatic rings. The standard InChI is InChI=1S/C25H29N3O2S/c29-31(30)24-14-8-10-21-9-7-13-23(25(21)24)28(31)16-6-2-5-15-26-17-19-27(20-18-26)22-11-3-1-4-12-22/h1,3-4,7-14H,2,5-6,15-20H2. The molecule has 0 spiro atoms. The highest BCUT2D eigenvalue weighted by molar-refractivity contribution is 7.93. The Labute approximate surface area is 184 Å². The molecule has 0 bridgehead atoms. The minimum Gasteiger partial charge on any atom is -0.369 e. The Morgan fingerprint density at radius 2 is 1.42 bits per heavy atom. The van der Waals surface area contributed by atoms with Gasteiger partial charge in [0.25, 0.3) is 10.0 Å². The quantitative estimate of drug-likeness (QED) is 0.518. The Bertz CT molecular complexity index is 1150. The van der Waals surface area contributed by atoms with Crippen LogP contribution in [0.4, 0.5) is 11.4 Å². The van der Waals surface area contributed by atoms with Crippen molar-refractivity contribution in [2.24, 2.45) is 0 Å². The summed E-state index contributed by atoms with van der Waals surface area (Å²) in [5, 5.41) is 1.87. The molecular formula is C25H29N3O2S. The number of para-hydroxylation sites is 1. The Morgan fingerprint density at radius 3 is 2.19 bits per heavy atom. The SMILES string of the molecule is O=S1(=O)c2cccc3cccc(c23)N1CCCCCN1CCN(c2ccccc2)CC1. The van der Waals surface area contributed by atoms with Crippen molar-refractivity contribution in [3.63, 3.8) is 0 Å². The Balaban J connectivity index is 1.10. The van der Waals surface area contributed by atoms with Gasteiger partial charge in [0, 0.05) is 43.8 Å². The number of anilines is 2. The summed E-state index contributed by atoms with van der Waals surface area (Å²) in [6.07, 6.45) is 3.03. The van der Waals surface area contributed by atoms with Crippen LogP contribution in [-0.2, 0) is 10.0 Å². The predicted molar refractivity (Wildman–Crippen MR) is 127 cm³/mol. The molecule has 31 heavy (non-hydrogen) atoms. The van der Waals surface area contributed by atoms with Gasteiger partial charge in [0.15, 0.2) is 0 Å². The molecule has 0 radical (unpaired) electrons. The number of benzene rings is 3. The molecule has 2 heterocycles. The summed E-state index contributed by atoms with van der Waals surface area (Å²) in [5.41, 5.74) is 2.15. The summed E-state index contributed by atoms with van der Waals surface area (Å²) in [7, 11) is -3.42. The molecule has 0 aliphatic carbocycles. The molecule has 0 atom stereocenters. The molecule has 2 aliphatic rings. The first-order valence-electron chi connectivity index (χ1n) is 11.2. The number of hydrogen-bond donors (Lipinski definition) is 0. The Morgan fingerprint density at radius 1 is 0.710 bits per heavy atom. The van der Waals surface area contributed by atoms with Gasteiger partial charge in [-0.15, -0.1) is 0 Å². The second-order valence-electron chi connectivity index (χ2n) is 8.43. The molecule has 0 aromatic heterocycles. The summed E-state index contributed by atoms with van der Waals surface area (Å²) in [6, 6.07) is 22.0. The van der Waals surface area contributed by atoms with Gasteiger partial charge >= 0.3 is 0 Å². The van der Waals surface area contributed by atoms with Crippen molar-refractivity contribution in [3.05, 3.63) is 66.7 Å². The second-order valence-corrected chi connectivity index (χ2v) is 10.3. The van der Waals surface area contributed by atoms with Crippen LogP contribution in [-0.4, -0.2) is 52.6 Å². The lowest BCUT2D eigenvalue weighted by Crippen LogP contribution is -2.46. The maximum absolute atomic E-state index is 13.0. The molecule has 0 amide bonds. The first kappa shape index (κ1) is 20.3. The lowest BCUT2D eigenvalue weighted by molar-refractivity contribution is 0.252. The molecule has 5 nitrogen and oxygen atoms in total. The van der Waals surface area contributed by atoms with E-state index in [-0.39, 0.29) is 0 Å². The van der Waals surface area contributed by atoms with E-state index >= 15 is 0 Å². The van der Waals surface area contributed by atoms with Gasteiger partial charge in [0.1, 0.15) is 0 Å². The van der Waals surface area contributed by atoms with E-state index in [0.717, 1.165) is 68.4 Å². The topological polar surface area (TPSA) is 43.9 Å². The van der Waals surface area contributed by atoms with Crippen molar-refractivity contribution in [1.82, 2.24) is 4.90 Å². The molecule has 0 N–H and O–H groups in total. The predicted octanol–water partition coefficient (Wildman–Crippen LogP) is 4.34. The fourth-order valence-corrected chi connectivity index (χ4v) is 6.58. The molecule has 1 saturated heterocycles. The first-order valence-corrected chi connectivity index (χ1v) is 12.7. The average molecular weight is 436 g/mol. The van der Waals surface area contributed by atoms with E-state index in [4.69, 9.17) is 0 Å². The van der Waals surface area contributed by atoms with E-state index in [0.29, 0.717) is 11.4 Å². The van der Waals surface area contributed by atoms with Crippen LogP contribution in [0.1, 0.15) is 19.3 Å². The van der Waals surface area contributed by atoms with Crippen molar-refractivity contribution in [2.45, 2.75) is 24.2 Å². The summed E-state index contributed by atoms with van der Waals surface area (Å²) < 4.78 is 27.7. The van der Waals surface area contributed by atoms with Crippen LogP contribution in [0.2, 0.25) is 0 Å². The fourth-order valence-electron chi connectivity index (χ4n) is 4.84. The summed E-state index contributed by atoms with van der Waals surface area (Å²) >= 11 is 0. The van der Waals surface area contributed by atoms with Crippen molar-refractivity contribution in [2.75, 3.05) is 48.5 Å². The summed E-state index contributed by atoms with van der Waals surface area (Å²) in [6.45, 7) is 5.96. The fraction of sp³-hybridized carbons (Fsp3) is 0.360. The van der Waals surface area contributed by atoms with E-state index in [2.05, 4.69) is 40.1 Å². The third-order valence-electron chi connectivity index (χ3n) is 6.51. The molecule has 5 rings (SSSR count). The van der Waals surface area contributed by atoms with Crippen LogP contribution in [0, 0.1) is 0 Å². The Kier molecular flexibility index (Phi) is 5.59. The summed E-state index contributed by atoms with van der Waals surface area (Å²) in [4.78, 5) is 5.44. The van der Waals surface area contributed by atoms with E-state index < -0.39 is 10.0 Å². The van der Waals surface area contributed by atoms with Crippen molar-refractivity contribution < 1.29 is 8.42 Å². The minimum atomic E-state index is -3.42. The van der Waals surface area contributed by atoms with Crippen LogP contribution in [0.15, 0.2) is 71.6 Å². The normalized spacial score (nSPS) is 18.1. The number of piperazine rings is 1. The van der Waals surface area contributed by atoms with E-state index in [9.17, 15) is 8.42 Å². The van der Waals surface area contributed by atoms with Crippen LogP contribution in [0.3, 0.4) is 0 Å². The van der Waals surface area contributed by atoms with Crippen LogP contribution in [0.5, 0.6) is 0 Å². The Hall–Kier alpha value is -2.57. The van der Waals surface area contributed by atoms with Gasteiger partial charge in [-0.3, -0.25) is 9.21 Å². The molecule has 6 heteroatoms. The third kappa shape index (κ3) is 3.90. The van der Waals surface area contributed by atoms with Gasteiger partial charge in [0.05, 0.1) is 10.6 Å². The molecule has 3 aromatic carbocycles. The number of unbranched alkanes of at least 4 members (excludes halogenated alkanes) is 2. The maximum atomic E-state index is 13.0. The molecule has 0 saturated carbocycles. The summed E-state index contributed by atoms with van der Waals surface area (Å²) in [5.74, 6) is 0. The molecular weight excluding hydrogens is 406 g/mol. The highest BCUT2D eigenvalue weighted by Gasteiger charge is 2.34. The average Bonchev–Trinajstić information content (AvgIpc) is 3.03. The highest BCUT2D eigenvalue weighted by atomic mass is 32.2. The van der Waals surface area contributed by atoms with Crippen molar-refractivity contribution in [3.8, 4) is 0 Å². The van der Waals surface area contributed by atoms with Gasteiger partial charge in [-0.1, -0.05) is 48.9 Å². The van der Waals surface area contributed by atoms with Crippen LogP contribution < -0.4 is 9.21 Å². The highest BCUT2D eigenvalue weighted by Crippen LogP contribution is 2.42. The zero-order chi connectivity index (χ0) is 21.3. The monoisotopic (exact) mass is 435 g/mol. The van der Waals surface area contributed by atoms with E-state index in [1.165, 1.54) is 5.69 Å². The largest absolute Gasteiger partial charge is 0.369 e. The zero-order valence-electron chi connectivity index (χ0n) is 17.8. The molecule has 1 fully saturated rings. The first-order chi connectivity index (χ1) is 15.1. The van der Waals surface area contributed by atoms with E-state index in [1.54, 1.807) is 10.4 Å². The van der Waals surface area contributed by atoms with Gasteiger partial charge in [0.2, 0.25) is 0 Å². The van der Waals surface area contributed by atoms with Crippen LogP contribution in [0.25, 0.3) is 10.8 Å². The van der Waals surface area contributed by atoms with Gasteiger partial charge in [-0.05, 0) is 49.0 Å². The van der Waals surface area contributed by atoms with E-state index in [1.807, 2.05) is 30.3 Å². The molecule has 0 unspecified atom stereocenters. The zero-order valence-corrected chi connectivity index (χ0v) is 18.6. The second kappa shape index (κ2) is 8.52. The van der Waals surface area contributed by atoms with Gasteiger partial charge < -0.3 is 4.90 Å². The van der Waals surface area contributed by atoms with Crippen molar-refractivity contribution in [1.29, 1.82) is 0 Å². The number of nitrogens with zero attached hydrogens (tertiary/aromatic N) is 3. The minimum absolute atomic E-state index is 0.455. The number of sulfonamides is 1. The molecule has 162 valence electrons. The number of rotatable bonds is 7. The lowest BCUT2D eigenvalue weighted by atomic mass is 10.1. The van der Waals surface area contributed by atoms with Crippen LogP contribution >= 0.6 is 0 Å². The lowest BCUT2D eigenvalue weighted by Gasteiger charge is -2.36. The van der Waals surface area contributed by atoms with Gasteiger partial charge in [-0.2, -0.15) is 0 Å². The third-order valence-corrected chi connectivity index (χ3v) is 8.37. The molecule has 2 aliphatic heterocycles. The van der Waals surface area contributed by atoms with Gasteiger partial charge in [-0.25, -0.2) is 8.42 Å². The maximum Gasteiger partial charge on any atom is 0.265 e. The smallest absolute Gasteiger partial charge is 0.265 e.